The van der Waals surface area contributed by atoms with Gasteiger partial charge >= 0.3 is 0 Å². The van der Waals surface area contributed by atoms with Gasteiger partial charge in [-0.15, -0.1) is 0 Å². The van der Waals surface area contributed by atoms with Crippen molar-refractivity contribution in [2.24, 2.45) is 0 Å². The predicted molar refractivity (Wildman–Crippen MR) is 82.1 cm³/mol. The van der Waals surface area contributed by atoms with Gasteiger partial charge in [0.2, 0.25) is 10.0 Å². The lowest BCUT2D eigenvalue weighted by Crippen LogP contribution is -2.25. The first kappa shape index (κ1) is 16.1. The highest BCUT2D eigenvalue weighted by molar-refractivity contribution is 9.10. The Kier molecular flexibility index (Phi) is 5.09. The maximum Gasteiger partial charge on any atom is 0.241 e. The van der Waals surface area contributed by atoms with Gasteiger partial charge in [-0.2, -0.15) is 5.10 Å². The number of rotatable bonds is 6. The molecule has 0 amide bonds. The zero-order chi connectivity index (χ0) is 15.5. The molecule has 21 heavy (non-hydrogen) atoms. The molecular formula is C12H16BrN5O2S. The molecule has 0 saturated carbocycles. The van der Waals surface area contributed by atoms with Crippen LogP contribution in [0.1, 0.15) is 17.0 Å². The smallest absolute Gasteiger partial charge is 0.241 e. The van der Waals surface area contributed by atoms with Gasteiger partial charge in [-0.1, -0.05) is 15.9 Å². The van der Waals surface area contributed by atoms with E-state index in [1.165, 1.54) is 6.33 Å². The lowest BCUT2D eigenvalue weighted by Gasteiger charge is -2.12. The molecule has 114 valence electrons. The molecule has 0 spiro atoms. The van der Waals surface area contributed by atoms with E-state index in [1.54, 1.807) is 13.0 Å². The fourth-order valence-electron chi connectivity index (χ4n) is 1.85. The summed E-state index contributed by atoms with van der Waals surface area (Å²) in [5, 5.41) is 9.29. The molecule has 2 rings (SSSR count). The summed E-state index contributed by atoms with van der Waals surface area (Å²) in [5.41, 5.74) is 1.55. The van der Waals surface area contributed by atoms with E-state index in [2.05, 4.69) is 41.2 Å². The minimum absolute atomic E-state index is 0.0651. The van der Waals surface area contributed by atoms with Crippen molar-refractivity contribution in [2.45, 2.75) is 24.9 Å². The summed E-state index contributed by atoms with van der Waals surface area (Å²) in [7, 11) is -1.82. The zero-order valence-corrected chi connectivity index (χ0v) is 14.0. The van der Waals surface area contributed by atoms with Gasteiger partial charge in [-0.05, 0) is 37.2 Å². The maximum absolute atomic E-state index is 12.4. The molecule has 3 N–H and O–H groups in total. The summed E-state index contributed by atoms with van der Waals surface area (Å²) in [6, 6.07) is 3.57. The number of H-pyrrole nitrogens is 1. The van der Waals surface area contributed by atoms with Crippen LogP contribution >= 0.6 is 15.9 Å². The van der Waals surface area contributed by atoms with E-state index in [9.17, 15) is 8.42 Å². The topological polar surface area (TPSA) is 99.8 Å². The van der Waals surface area contributed by atoms with Crippen molar-refractivity contribution in [3.05, 3.63) is 39.9 Å². The van der Waals surface area contributed by atoms with E-state index in [4.69, 9.17) is 0 Å². The van der Waals surface area contributed by atoms with E-state index < -0.39 is 10.0 Å². The highest BCUT2D eigenvalue weighted by atomic mass is 79.9. The van der Waals surface area contributed by atoms with Crippen molar-refractivity contribution in [3.63, 3.8) is 0 Å². The first-order chi connectivity index (χ1) is 9.94. The van der Waals surface area contributed by atoms with E-state index in [0.29, 0.717) is 17.9 Å². The fraction of sp³-hybridized carbons (Fsp3) is 0.333. The lowest BCUT2D eigenvalue weighted by atomic mass is 10.1. The molecule has 0 fully saturated rings. The maximum atomic E-state index is 12.4. The normalized spacial score (nSPS) is 11.8. The highest BCUT2D eigenvalue weighted by Gasteiger charge is 2.19. The van der Waals surface area contributed by atoms with Crippen LogP contribution < -0.4 is 10.0 Å². The van der Waals surface area contributed by atoms with Gasteiger partial charge < -0.3 is 5.32 Å². The Hall–Kier alpha value is -1.29. The van der Waals surface area contributed by atoms with E-state index in [-0.39, 0.29) is 11.4 Å². The molecule has 1 heterocycles. The zero-order valence-electron chi connectivity index (χ0n) is 11.6. The molecule has 0 saturated heterocycles. The monoisotopic (exact) mass is 373 g/mol. The number of benzene rings is 1. The SMILES string of the molecule is CNCc1cc(Br)c(C)c(S(=O)(=O)NCc2ncn[nH]2)c1. The highest BCUT2D eigenvalue weighted by Crippen LogP contribution is 2.25. The summed E-state index contributed by atoms with van der Waals surface area (Å²) in [6.45, 7) is 2.41. The number of halogens is 1. The van der Waals surface area contributed by atoms with Crippen LogP contribution in [-0.2, 0) is 23.1 Å². The molecule has 7 nitrogen and oxygen atoms in total. The van der Waals surface area contributed by atoms with Crippen LogP contribution in [0.2, 0.25) is 0 Å². The predicted octanol–water partition coefficient (Wildman–Crippen LogP) is 1.07. The van der Waals surface area contributed by atoms with Crippen LogP contribution in [0.25, 0.3) is 0 Å². The first-order valence-corrected chi connectivity index (χ1v) is 8.49. The van der Waals surface area contributed by atoms with Crippen molar-refractivity contribution in [1.29, 1.82) is 0 Å². The quantitative estimate of drug-likeness (QED) is 0.703. The van der Waals surface area contributed by atoms with Gasteiger partial charge in [0.25, 0.3) is 0 Å². The molecule has 0 unspecified atom stereocenters. The first-order valence-electron chi connectivity index (χ1n) is 6.21. The molecular weight excluding hydrogens is 358 g/mol. The summed E-state index contributed by atoms with van der Waals surface area (Å²) in [5.74, 6) is 0.460. The second-order valence-electron chi connectivity index (χ2n) is 4.49. The van der Waals surface area contributed by atoms with Crippen LogP contribution in [0.3, 0.4) is 0 Å². The van der Waals surface area contributed by atoms with E-state index >= 15 is 0 Å². The van der Waals surface area contributed by atoms with Crippen molar-refractivity contribution < 1.29 is 8.42 Å². The third-order valence-electron chi connectivity index (χ3n) is 2.92. The molecule has 1 aromatic heterocycles. The van der Waals surface area contributed by atoms with Gasteiger partial charge in [0.15, 0.2) is 0 Å². The average Bonchev–Trinajstić information content (AvgIpc) is 2.94. The minimum atomic E-state index is -3.63. The summed E-state index contributed by atoms with van der Waals surface area (Å²) in [6.07, 6.45) is 1.33. The Morgan fingerprint density at radius 2 is 2.10 bits per heavy atom. The third kappa shape index (κ3) is 3.88. The van der Waals surface area contributed by atoms with Crippen molar-refractivity contribution in [1.82, 2.24) is 25.2 Å². The van der Waals surface area contributed by atoms with Gasteiger partial charge in [0, 0.05) is 11.0 Å². The van der Waals surface area contributed by atoms with Crippen LogP contribution in [0.4, 0.5) is 0 Å². The van der Waals surface area contributed by atoms with Crippen LogP contribution in [-0.4, -0.2) is 30.6 Å². The van der Waals surface area contributed by atoms with Gasteiger partial charge in [0.05, 0.1) is 11.4 Å². The van der Waals surface area contributed by atoms with Crippen LogP contribution in [0.15, 0.2) is 27.8 Å². The molecule has 0 bridgehead atoms. The molecule has 0 atom stereocenters. The molecule has 0 aliphatic carbocycles. The Morgan fingerprint density at radius 3 is 2.71 bits per heavy atom. The average molecular weight is 374 g/mol. The Labute approximate surface area is 131 Å². The van der Waals surface area contributed by atoms with Gasteiger partial charge in [0.1, 0.15) is 12.2 Å². The van der Waals surface area contributed by atoms with E-state index in [0.717, 1.165) is 10.0 Å². The largest absolute Gasteiger partial charge is 0.316 e. The molecule has 0 aliphatic heterocycles. The number of nitrogens with zero attached hydrogens (tertiary/aromatic N) is 2. The second kappa shape index (κ2) is 6.65. The molecule has 0 aliphatic rings. The molecule has 0 radical (unpaired) electrons. The summed E-state index contributed by atoms with van der Waals surface area (Å²) in [4.78, 5) is 4.14. The summed E-state index contributed by atoms with van der Waals surface area (Å²) < 4.78 is 28.2. The third-order valence-corrected chi connectivity index (χ3v) is 5.27. The molecule has 1 aromatic carbocycles. The number of nitrogens with one attached hydrogen (secondary N) is 3. The molecule has 9 heteroatoms. The van der Waals surface area contributed by atoms with Gasteiger partial charge in [-0.25, -0.2) is 18.1 Å². The van der Waals surface area contributed by atoms with E-state index in [1.807, 2.05) is 13.1 Å². The number of aromatic amines is 1. The number of hydrogen-bond acceptors (Lipinski definition) is 5. The van der Waals surface area contributed by atoms with Crippen LogP contribution in [0.5, 0.6) is 0 Å². The molecule has 2 aromatic rings. The van der Waals surface area contributed by atoms with Crippen LogP contribution in [0, 0.1) is 6.92 Å². The second-order valence-corrected chi connectivity index (χ2v) is 7.08. The Morgan fingerprint density at radius 1 is 1.33 bits per heavy atom. The minimum Gasteiger partial charge on any atom is -0.316 e. The Balaban J connectivity index is 2.30. The number of hydrogen-bond donors (Lipinski definition) is 3. The van der Waals surface area contributed by atoms with Crippen molar-refractivity contribution >= 4 is 26.0 Å². The lowest BCUT2D eigenvalue weighted by molar-refractivity contribution is 0.578. The Bertz CT molecular complexity index is 715. The standard InChI is InChI=1S/C12H16BrN5O2S/c1-8-10(13)3-9(5-14-2)4-11(8)21(19,20)17-6-12-15-7-16-18-12/h3-4,7,14,17H,5-6H2,1-2H3,(H,15,16,18). The number of aromatic nitrogens is 3. The summed E-state index contributed by atoms with van der Waals surface area (Å²) >= 11 is 3.40. The van der Waals surface area contributed by atoms with Gasteiger partial charge in [-0.3, -0.25) is 5.10 Å². The van der Waals surface area contributed by atoms with Crippen molar-refractivity contribution in [3.8, 4) is 0 Å². The van der Waals surface area contributed by atoms with Crippen molar-refractivity contribution in [2.75, 3.05) is 7.05 Å². The number of sulfonamides is 1. The fourth-order valence-corrected chi connectivity index (χ4v) is 3.79.